The third-order valence-corrected chi connectivity index (χ3v) is 3.76. The molecule has 18 heavy (non-hydrogen) atoms. The van der Waals surface area contributed by atoms with E-state index >= 15 is 0 Å². The van der Waals surface area contributed by atoms with Gasteiger partial charge in [0.25, 0.3) is 0 Å². The average molecular weight is 298 g/mol. The monoisotopic (exact) mass is 297 g/mol. The first-order chi connectivity index (χ1) is 8.29. The molecule has 0 aliphatic carbocycles. The van der Waals surface area contributed by atoms with Gasteiger partial charge in [-0.15, -0.1) is 0 Å². The summed E-state index contributed by atoms with van der Waals surface area (Å²) in [7, 11) is -4.42. The van der Waals surface area contributed by atoms with Crippen molar-refractivity contribution in [1.82, 2.24) is 4.72 Å². The molecule has 1 rings (SSSR count). The topological polar surface area (TPSA) is 104 Å². The molecule has 0 aromatic heterocycles. The van der Waals surface area contributed by atoms with Crippen LogP contribution in [-0.4, -0.2) is 37.2 Å². The van der Waals surface area contributed by atoms with Crippen molar-refractivity contribution in [2.75, 3.05) is 6.61 Å². The number of carboxylic acid groups (broad SMARTS) is 1. The van der Waals surface area contributed by atoms with Gasteiger partial charge < -0.3 is 10.2 Å². The Morgan fingerprint density at radius 3 is 2.61 bits per heavy atom. The van der Waals surface area contributed by atoms with Gasteiger partial charge in [-0.05, 0) is 12.1 Å². The van der Waals surface area contributed by atoms with Crippen LogP contribution in [-0.2, 0) is 14.8 Å². The molecule has 1 atom stereocenters. The molecule has 1 aromatic carbocycles. The molecule has 0 fully saturated rings. The summed E-state index contributed by atoms with van der Waals surface area (Å²) in [6.45, 7) is -0.962. The summed E-state index contributed by atoms with van der Waals surface area (Å²) in [5, 5.41) is 16.9. The Labute approximate surface area is 107 Å². The van der Waals surface area contributed by atoms with E-state index in [1.54, 1.807) is 4.72 Å². The Kier molecular flexibility index (Phi) is 4.63. The maximum atomic E-state index is 13.5. The smallest absolute Gasteiger partial charge is 0.324 e. The fourth-order valence-corrected chi connectivity index (χ4v) is 2.62. The molecule has 0 bridgehead atoms. The molecule has 0 aliphatic heterocycles. The second kappa shape index (κ2) is 5.61. The number of benzene rings is 1. The van der Waals surface area contributed by atoms with Gasteiger partial charge in [0.2, 0.25) is 10.0 Å². The molecule has 3 N–H and O–H groups in total. The molecule has 0 spiro atoms. The van der Waals surface area contributed by atoms with Gasteiger partial charge in [-0.25, -0.2) is 12.8 Å². The summed E-state index contributed by atoms with van der Waals surface area (Å²) in [5.74, 6) is -2.77. The number of aliphatic hydroxyl groups is 1. The normalized spacial score (nSPS) is 13.3. The lowest BCUT2D eigenvalue weighted by Crippen LogP contribution is -2.43. The number of sulfonamides is 1. The van der Waals surface area contributed by atoms with Crippen LogP contribution in [0, 0.1) is 5.82 Å². The fourth-order valence-electron chi connectivity index (χ4n) is 1.11. The zero-order valence-corrected chi connectivity index (χ0v) is 10.4. The van der Waals surface area contributed by atoms with Crippen LogP contribution in [0.3, 0.4) is 0 Å². The first-order valence-corrected chi connectivity index (χ1v) is 6.45. The number of nitrogens with one attached hydrogen (secondary N) is 1. The number of hydrogen-bond acceptors (Lipinski definition) is 4. The maximum absolute atomic E-state index is 13.5. The first-order valence-electron chi connectivity index (χ1n) is 4.59. The van der Waals surface area contributed by atoms with E-state index in [4.69, 9.17) is 21.8 Å². The molecule has 100 valence electrons. The standard InChI is InChI=1S/C9H9ClFNO5S/c10-5-2-1-3-7(8(5)11)18(16,17)12-6(4-13)9(14)15/h1-3,6,12-13H,4H2,(H,14,15). The van der Waals surface area contributed by atoms with Crippen molar-refractivity contribution in [3.05, 3.63) is 29.0 Å². The number of aliphatic carboxylic acids is 1. The van der Waals surface area contributed by atoms with E-state index in [-0.39, 0.29) is 0 Å². The van der Waals surface area contributed by atoms with Crippen LogP contribution in [0.4, 0.5) is 4.39 Å². The summed E-state index contributed by atoms with van der Waals surface area (Å²) in [6.07, 6.45) is 0. The van der Waals surface area contributed by atoms with Crippen molar-refractivity contribution >= 4 is 27.6 Å². The molecule has 0 aliphatic rings. The fraction of sp³-hybridized carbons (Fsp3) is 0.222. The zero-order chi connectivity index (χ0) is 13.9. The lowest BCUT2D eigenvalue weighted by Gasteiger charge is -2.12. The number of aliphatic hydroxyl groups excluding tert-OH is 1. The molecular formula is C9H9ClFNO5S. The largest absolute Gasteiger partial charge is 0.480 e. The minimum atomic E-state index is -4.42. The Balaban J connectivity index is 3.14. The van der Waals surface area contributed by atoms with Crippen LogP contribution >= 0.6 is 11.6 Å². The van der Waals surface area contributed by atoms with Crippen molar-refractivity contribution < 1.29 is 27.8 Å². The number of carbonyl (C=O) groups is 1. The van der Waals surface area contributed by atoms with Crippen molar-refractivity contribution in [2.45, 2.75) is 10.9 Å². The van der Waals surface area contributed by atoms with Crippen molar-refractivity contribution in [3.8, 4) is 0 Å². The van der Waals surface area contributed by atoms with Gasteiger partial charge in [-0.2, -0.15) is 4.72 Å². The Bertz CT molecular complexity index is 562. The van der Waals surface area contributed by atoms with Crippen molar-refractivity contribution in [3.63, 3.8) is 0 Å². The van der Waals surface area contributed by atoms with Crippen LogP contribution in [0.2, 0.25) is 5.02 Å². The average Bonchev–Trinajstić information content (AvgIpc) is 2.29. The summed E-state index contributed by atoms with van der Waals surface area (Å²) in [5.41, 5.74) is 0. The highest BCUT2D eigenvalue weighted by molar-refractivity contribution is 7.89. The number of halogens is 2. The van der Waals surface area contributed by atoms with Crippen LogP contribution in [0.5, 0.6) is 0 Å². The highest BCUT2D eigenvalue weighted by Crippen LogP contribution is 2.21. The minimum Gasteiger partial charge on any atom is -0.480 e. The van der Waals surface area contributed by atoms with Gasteiger partial charge in [-0.1, -0.05) is 17.7 Å². The second-order valence-corrected chi connectivity index (χ2v) is 5.34. The third kappa shape index (κ3) is 3.16. The number of hydrogen-bond donors (Lipinski definition) is 3. The van der Waals surface area contributed by atoms with Crippen molar-refractivity contribution in [2.24, 2.45) is 0 Å². The molecule has 1 unspecified atom stereocenters. The predicted molar refractivity (Wildman–Crippen MR) is 60.2 cm³/mol. The maximum Gasteiger partial charge on any atom is 0.324 e. The minimum absolute atomic E-state index is 0.409. The van der Waals surface area contributed by atoms with E-state index in [9.17, 15) is 17.6 Å². The van der Waals surface area contributed by atoms with E-state index in [0.29, 0.717) is 0 Å². The highest BCUT2D eigenvalue weighted by Gasteiger charge is 2.27. The van der Waals surface area contributed by atoms with Gasteiger partial charge in [0.15, 0.2) is 5.82 Å². The van der Waals surface area contributed by atoms with Gasteiger partial charge in [-0.3, -0.25) is 4.79 Å². The van der Waals surface area contributed by atoms with Crippen LogP contribution in [0.1, 0.15) is 0 Å². The Morgan fingerprint density at radius 2 is 2.11 bits per heavy atom. The van der Waals surface area contributed by atoms with Crippen LogP contribution in [0.25, 0.3) is 0 Å². The predicted octanol–water partition coefficient (Wildman–Crippen LogP) is 0.203. The lowest BCUT2D eigenvalue weighted by atomic mass is 10.3. The molecule has 9 heteroatoms. The second-order valence-electron chi connectivity index (χ2n) is 3.25. The molecule has 0 saturated heterocycles. The summed E-state index contributed by atoms with van der Waals surface area (Å²) >= 11 is 5.42. The molecule has 0 radical (unpaired) electrons. The Morgan fingerprint density at radius 1 is 1.50 bits per heavy atom. The molecule has 6 nitrogen and oxygen atoms in total. The Hall–Kier alpha value is -1.22. The zero-order valence-electron chi connectivity index (χ0n) is 8.80. The lowest BCUT2D eigenvalue weighted by molar-refractivity contribution is -0.139. The number of carboxylic acids is 1. The van der Waals surface area contributed by atoms with Gasteiger partial charge >= 0.3 is 5.97 Å². The van der Waals surface area contributed by atoms with E-state index in [1.807, 2.05) is 0 Å². The summed E-state index contributed by atoms with van der Waals surface area (Å²) in [4.78, 5) is 9.80. The van der Waals surface area contributed by atoms with Crippen LogP contribution < -0.4 is 4.72 Å². The first kappa shape index (κ1) is 14.8. The van der Waals surface area contributed by atoms with Gasteiger partial charge in [0, 0.05) is 0 Å². The molecule has 0 saturated carbocycles. The van der Waals surface area contributed by atoms with Gasteiger partial charge in [0.1, 0.15) is 10.9 Å². The SMILES string of the molecule is O=C(O)C(CO)NS(=O)(=O)c1cccc(Cl)c1F. The van der Waals surface area contributed by atoms with Crippen molar-refractivity contribution in [1.29, 1.82) is 0 Å². The van der Waals surface area contributed by atoms with E-state index < -0.39 is 44.4 Å². The van der Waals surface area contributed by atoms with Gasteiger partial charge in [0.05, 0.1) is 11.6 Å². The van der Waals surface area contributed by atoms with E-state index in [0.717, 1.165) is 12.1 Å². The molecule has 0 amide bonds. The molecule has 0 heterocycles. The summed E-state index contributed by atoms with van der Waals surface area (Å²) < 4.78 is 38.5. The number of rotatable bonds is 5. The van der Waals surface area contributed by atoms with Crippen LogP contribution in [0.15, 0.2) is 23.1 Å². The third-order valence-electron chi connectivity index (χ3n) is 1.98. The summed E-state index contributed by atoms with van der Waals surface area (Å²) in [6, 6.07) is 1.53. The van der Waals surface area contributed by atoms with E-state index in [2.05, 4.69) is 0 Å². The highest BCUT2D eigenvalue weighted by atomic mass is 35.5. The van der Waals surface area contributed by atoms with E-state index in [1.165, 1.54) is 6.07 Å². The quantitative estimate of drug-likeness (QED) is 0.720. The molecular weight excluding hydrogens is 289 g/mol. The molecule has 1 aromatic rings.